The molecular weight excluding hydrogens is 398 g/mol. The van der Waals surface area contributed by atoms with Gasteiger partial charge in [0.05, 0.1) is 5.41 Å². The first-order valence-corrected chi connectivity index (χ1v) is 12.5. The summed E-state index contributed by atoms with van der Waals surface area (Å²) in [5.74, 6) is 1.92. The third-order valence-corrected chi connectivity index (χ3v) is 7.93. The number of fused-ring (bicyclic) bond motifs is 1. The van der Waals surface area contributed by atoms with Crippen LogP contribution >= 0.6 is 0 Å². The Morgan fingerprint density at radius 1 is 1.12 bits per heavy atom. The normalized spacial score (nSPS) is 26.0. The second kappa shape index (κ2) is 10.2. The van der Waals surface area contributed by atoms with Crippen molar-refractivity contribution in [3.8, 4) is 0 Å². The summed E-state index contributed by atoms with van der Waals surface area (Å²) >= 11 is 0. The SMILES string of the molecule is CN=C(NCC1(C(=O)N(C)C)CCCC1)N1CCC2C(CCCN2Cc2ccccc2)C1. The molecule has 0 radical (unpaired) electrons. The van der Waals surface area contributed by atoms with Gasteiger partial charge in [0.2, 0.25) is 5.91 Å². The minimum absolute atomic E-state index is 0.264. The number of hydrogen-bond acceptors (Lipinski definition) is 3. The Morgan fingerprint density at radius 2 is 1.88 bits per heavy atom. The van der Waals surface area contributed by atoms with Crippen LogP contribution in [-0.4, -0.2) is 79.9 Å². The summed E-state index contributed by atoms with van der Waals surface area (Å²) in [5, 5.41) is 3.62. The van der Waals surface area contributed by atoms with Crippen molar-refractivity contribution in [2.24, 2.45) is 16.3 Å². The Labute approximate surface area is 194 Å². The molecule has 6 nitrogen and oxygen atoms in total. The molecule has 1 aromatic rings. The molecule has 1 amide bonds. The standard InChI is InChI=1S/C26H41N5O/c1-27-25(28-20-26(14-7-8-15-26)24(32)29(2)3)31-17-13-23-22(19-31)12-9-16-30(23)18-21-10-5-4-6-11-21/h4-6,10-11,22-23H,7-9,12-20H2,1-3H3,(H,27,28). The van der Waals surface area contributed by atoms with E-state index in [1.807, 2.05) is 21.1 Å². The zero-order chi connectivity index (χ0) is 22.6. The maximum atomic E-state index is 12.9. The van der Waals surface area contributed by atoms with Gasteiger partial charge >= 0.3 is 0 Å². The minimum atomic E-state index is -0.269. The molecule has 176 valence electrons. The topological polar surface area (TPSA) is 51.2 Å². The Kier molecular flexibility index (Phi) is 7.39. The van der Waals surface area contributed by atoms with Gasteiger partial charge in [-0.3, -0.25) is 14.7 Å². The zero-order valence-corrected chi connectivity index (χ0v) is 20.2. The van der Waals surface area contributed by atoms with Crippen molar-refractivity contribution in [2.75, 3.05) is 47.3 Å². The Hall–Kier alpha value is -2.08. The van der Waals surface area contributed by atoms with Crippen LogP contribution < -0.4 is 5.32 Å². The molecule has 1 saturated carbocycles. The van der Waals surface area contributed by atoms with Crippen LogP contribution in [0.2, 0.25) is 0 Å². The summed E-state index contributed by atoms with van der Waals surface area (Å²) in [7, 11) is 5.64. The van der Waals surface area contributed by atoms with Gasteiger partial charge in [-0.25, -0.2) is 0 Å². The van der Waals surface area contributed by atoms with E-state index in [4.69, 9.17) is 0 Å². The van der Waals surface area contributed by atoms with E-state index in [0.29, 0.717) is 18.5 Å². The van der Waals surface area contributed by atoms with E-state index >= 15 is 0 Å². The van der Waals surface area contributed by atoms with Crippen molar-refractivity contribution < 1.29 is 4.79 Å². The van der Waals surface area contributed by atoms with Gasteiger partial charge in [-0.2, -0.15) is 0 Å². The highest BCUT2D eigenvalue weighted by Gasteiger charge is 2.43. The molecule has 1 N–H and O–H groups in total. The van der Waals surface area contributed by atoms with Crippen LogP contribution in [-0.2, 0) is 11.3 Å². The minimum Gasteiger partial charge on any atom is -0.355 e. The van der Waals surface area contributed by atoms with E-state index in [-0.39, 0.29) is 11.3 Å². The van der Waals surface area contributed by atoms with Crippen LogP contribution in [0.15, 0.2) is 35.3 Å². The number of piperidine rings is 2. The Balaban J connectivity index is 1.37. The van der Waals surface area contributed by atoms with E-state index in [2.05, 4.69) is 50.4 Å². The lowest BCUT2D eigenvalue weighted by molar-refractivity contribution is -0.138. The molecule has 0 spiro atoms. The van der Waals surface area contributed by atoms with Crippen molar-refractivity contribution in [2.45, 2.75) is 57.5 Å². The number of nitrogens with zero attached hydrogens (tertiary/aromatic N) is 4. The van der Waals surface area contributed by atoms with Gasteiger partial charge in [0.1, 0.15) is 0 Å². The molecular formula is C26H41N5O. The molecule has 0 bridgehead atoms. The second-order valence-electron chi connectivity index (χ2n) is 10.2. The molecule has 2 heterocycles. The number of guanidine groups is 1. The Morgan fingerprint density at radius 3 is 2.56 bits per heavy atom. The first-order chi connectivity index (χ1) is 15.5. The van der Waals surface area contributed by atoms with Crippen LogP contribution in [0.5, 0.6) is 0 Å². The number of likely N-dealkylation sites (tertiary alicyclic amines) is 2. The van der Waals surface area contributed by atoms with Crippen molar-refractivity contribution in [3.05, 3.63) is 35.9 Å². The first-order valence-electron chi connectivity index (χ1n) is 12.5. The number of amides is 1. The molecule has 2 unspecified atom stereocenters. The third kappa shape index (κ3) is 4.95. The maximum Gasteiger partial charge on any atom is 0.230 e. The summed E-state index contributed by atoms with van der Waals surface area (Å²) < 4.78 is 0. The molecule has 1 aliphatic carbocycles. The van der Waals surface area contributed by atoms with E-state index < -0.39 is 0 Å². The van der Waals surface area contributed by atoms with E-state index in [1.165, 1.54) is 31.4 Å². The lowest BCUT2D eigenvalue weighted by Crippen LogP contribution is -2.57. The molecule has 2 aliphatic heterocycles. The molecule has 32 heavy (non-hydrogen) atoms. The van der Waals surface area contributed by atoms with Crippen LogP contribution in [0.3, 0.4) is 0 Å². The summed E-state index contributed by atoms with van der Waals surface area (Å²) in [5.41, 5.74) is 1.15. The molecule has 2 atom stereocenters. The maximum absolute atomic E-state index is 12.9. The fourth-order valence-corrected chi connectivity index (χ4v) is 6.29. The van der Waals surface area contributed by atoms with Crippen LogP contribution in [0, 0.1) is 11.3 Å². The molecule has 3 fully saturated rings. The molecule has 2 saturated heterocycles. The van der Waals surface area contributed by atoms with E-state index in [9.17, 15) is 4.79 Å². The number of carbonyl (C=O) groups is 1. The van der Waals surface area contributed by atoms with Gasteiger partial charge in [0.25, 0.3) is 0 Å². The van der Waals surface area contributed by atoms with E-state index in [1.54, 1.807) is 4.90 Å². The van der Waals surface area contributed by atoms with Gasteiger partial charge in [0.15, 0.2) is 5.96 Å². The number of nitrogens with one attached hydrogen (secondary N) is 1. The molecule has 6 heteroatoms. The highest BCUT2D eigenvalue weighted by Crippen LogP contribution is 2.39. The monoisotopic (exact) mass is 439 g/mol. The predicted octanol–water partition coefficient (Wildman–Crippen LogP) is 3.20. The lowest BCUT2D eigenvalue weighted by atomic mass is 9.83. The van der Waals surface area contributed by atoms with Crippen molar-refractivity contribution in [1.29, 1.82) is 0 Å². The number of rotatable bonds is 5. The average molecular weight is 440 g/mol. The Bertz CT molecular complexity index is 787. The molecule has 0 aromatic heterocycles. The van der Waals surface area contributed by atoms with Crippen molar-refractivity contribution >= 4 is 11.9 Å². The zero-order valence-electron chi connectivity index (χ0n) is 20.2. The average Bonchev–Trinajstić information content (AvgIpc) is 3.29. The number of hydrogen-bond donors (Lipinski definition) is 1. The molecule has 1 aromatic carbocycles. The number of aliphatic imine (C=N–C) groups is 1. The predicted molar refractivity (Wildman–Crippen MR) is 131 cm³/mol. The van der Waals surface area contributed by atoms with E-state index in [0.717, 1.165) is 51.3 Å². The molecule has 3 aliphatic rings. The van der Waals surface area contributed by atoms with Crippen molar-refractivity contribution in [3.63, 3.8) is 0 Å². The number of carbonyl (C=O) groups excluding carboxylic acids is 1. The second-order valence-corrected chi connectivity index (χ2v) is 10.2. The first kappa shape index (κ1) is 23.1. The summed E-state index contributed by atoms with van der Waals surface area (Å²) in [4.78, 5) is 24.5. The van der Waals surface area contributed by atoms with Crippen LogP contribution in [0.4, 0.5) is 0 Å². The van der Waals surface area contributed by atoms with Gasteiger partial charge in [0, 0.05) is 53.4 Å². The van der Waals surface area contributed by atoms with Crippen LogP contribution in [0.1, 0.15) is 50.5 Å². The summed E-state index contributed by atoms with van der Waals surface area (Å²) in [6.45, 7) is 5.05. The molecule has 4 rings (SSSR count). The smallest absolute Gasteiger partial charge is 0.230 e. The van der Waals surface area contributed by atoms with Gasteiger partial charge < -0.3 is 15.1 Å². The third-order valence-electron chi connectivity index (χ3n) is 7.93. The van der Waals surface area contributed by atoms with Gasteiger partial charge in [-0.1, -0.05) is 43.2 Å². The van der Waals surface area contributed by atoms with Gasteiger partial charge in [-0.15, -0.1) is 0 Å². The van der Waals surface area contributed by atoms with Gasteiger partial charge in [-0.05, 0) is 50.1 Å². The summed E-state index contributed by atoms with van der Waals surface area (Å²) in [6, 6.07) is 11.5. The lowest BCUT2D eigenvalue weighted by Gasteiger charge is -2.48. The highest BCUT2D eigenvalue weighted by atomic mass is 16.2. The fraction of sp³-hybridized carbons (Fsp3) is 0.692. The highest BCUT2D eigenvalue weighted by molar-refractivity contribution is 5.85. The quantitative estimate of drug-likeness (QED) is 0.566. The largest absolute Gasteiger partial charge is 0.355 e. The summed E-state index contributed by atoms with van der Waals surface area (Å²) in [6.07, 6.45) is 8.00. The van der Waals surface area contributed by atoms with Crippen molar-refractivity contribution in [1.82, 2.24) is 20.0 Å². The van der Waals surface area contributed by atoms with Crippen LogP contribution in [0.25, 0.3) is 0 Å². The fourth-order valence-electron chi connectivity index (χ4n) is 6.29. The number of benzene rings is 1.